The second-order valence-corrected chi connectivity index (χ2v) is 8.54. The molecule has 0 amide bonds. The summed E-state index contributed by atoms with van der Waals surface area (Å²) in [6, 6.07) is 5.85. The van der Waals surface area contributed by atoms with Gasteiger partial charge in [-0.2, -0.15) is 0 Å². The van der Waals surface area contributed by atoms with Gasteiger partial charge in [0.1, 0.15) is 18.8 Å². The molecule has 0 bridgehead atoms. The Bertz CT molecular complexity index is 682. The maximum absolute atomic E-state index is 11.0. The number of nitrogens with zero attached hydrogens (tertiary/aromatic N) is 2. The summed E-state index contributed by atoms with van der Waals surface area (Å²) in [6.07, 6.45) is 11.8. The second-order valence-electron chi connectivity index (χ2n) is 8.54. The van der Waals surface area contributed by atoms with Crippen molar-refractivity contribution in [2.24, 2.45) is 0 Å². The molecule has 0 saturated heterocycles. The minimum Gasteiger partial charge on any atom is -1.00 e. The molecule has 178 valence electrons. The van der Waals surface area contributed by atoms with E-state index < -0.39 is 0 Å². The van der Waals surface area contributed by atoms with E-state index in [-0.39, 0.29) is 29.6 Å². The van der Waals surface area contributed by atoms with E-state index in [1.807, 2.05) is 18.2 Å². The number of aliphatic hydroxyl groups excluding tert-OH is 1. The van der Waals surface area contributed by atoms with Crippen LogP contribution < -0.4 is 17.1 Å². The van der Waals surface area contributed by atoms with Gasteiger partial charge in [0.15, 0.2) is 0 Å². The number of hydrogen-bond acceptors (Lipinski definition) is 4. The number of nitro groups is 1. The number of ether oxygens (including phenoxy) is 1. The van der Waals surface area contributed by atoms with Crippen LogP contribution in [-0.4, -0.2) is 48.4 Å². The molecule has 0 aliphatic rings. The molecule has 0 aliphatic heterocycles. The zero-order chi connectivity index (χ0) is 22.4. The van der Waals surface area contributed by atoms with E-state index in [1.165, 1.54) is 51.9 Å². The number of quaternary nitrogens is 1. The van der Waals surface area contributed by atoms with Gasteiger partial charge in [-0.15, -0.1) is 0 Å². The smallest absolute Gasteiger partial charge is 0.243 e. The average Bonchev–Trinajstić information content (AvgIpc) is 2.70. The summed E-state index contributed by atoms with van der Waals surface area (Å²) in [5.74, 6) is 0.624. The molecule has 6 nitrogen and oxygen atoms in total. The summed E-state index contributed by atoms with van der Waals surface area (Å²) in [5, 5.41) is 20.6. The predicted molar refractivity (Wildman–Crippen MR) is 123 cm³/mol. The molecule has 1 aromatic rings. The van der Waals surface area contributed by atoms with Crippen LogP contribution in [0.3, 0.4) is 0 Å². The number of likely N-dealkylation sites (N-methyl/N-ethyl adjacent to an activating group) is 1. The van der Waals surface area contributed by atoms with Crippen LogP contribution in [0.5, 0.6) is 5.75 Å². The van der Waals surface area contributed by atoms with Gasteiger partial charge in [0.05, 0.1) is 32.2 Å². The van der Waals surface area contributed by atoms with Gasteiger partial charge in [0, 0.05) is 24.1 Å². The van der Waals surface area contributed by atoms with Crippen LogP contribution in [0.1, 0.15) is 76.3 Å². The van der Waals surface area contributed by atoms with E-state index in [1.54, 1.807) is 13.2 Å². The van der Waals surface area contributed by atoms with Crippen molar-refractivity contribution < 1.29 is 31.7 Å². The molecule has 0 spiro atoms. The van der Waals surface area contributed by atoms with Crippen molar-refractivity contribution >= 4 is 6.08 Å². The van der Waals surface area contributed by atoms with Gasteiger partial charge in [-0.05, 0) is 31.0 Å². The Morgan fingerprint density at radius 3 is 2.29 bits per heavy atom. The minimum atomic E-state index is -0.389. The number of unbranched alkanes of at least 4 members (excludes halogenated alkanes) is 7. The first-order valence-corrected chi connectivity index (χ1v) is 11.3. The summed E-state index contributed by atoms with van der Waals surface area (Å²) < 4.78 is 6.13. The number of benzene rings is 1. The van der Waals surface area contributed by atoms with Crippen LogP contribution in [0.25, 0.3) is 6.08 Å². The van der Waals surface area contributed by atoms with Gasteiger partial charge in [0.2, 0.25) is 5.70 Å². The van der Waals surface area contributed by atoms with Gasteiger partial charge in [-0.3, -0.25) is 10.1 Å². The highest BCUT2D eigenvalue weighted by atomic mass is 35.5. The summed E-state index contributed by atoms with van der Waals surface area (Å²) >= 11 is 0. The van der Waals surface area contributed by atoms with Crippen LogP contribution in [0.2, 0.25) is 0 Å². The predicted octanol–water partition coefficient (Wildman–Crippen LogP) is 2.42. The van der Waals surface area contributed by atoms with Crippen LogP contribution in [-0.2, 0) is 6.54 Å². The van der Waals surface area contributed by atoms with Crippen molar-refractivity contribution in [1.82, 2.24) is 0 Å². The van der Waals surface area contributed by atoms with E-state index in [9.17, 15) is 15.2 Å². The molecule has 31 heavy (non-hydrogen) atoms. The van der Waals surface area contributed by atoms with Crippen molar-refractivity contribution in [3.05, 3.63) is 45.1 Å². The Morgan fingerprint density at radius 2 is 1.74 bits per heavy atom. The fourth-order valence-corrected chi connectivity index (χ4v) is 3.85. The maximum atomic E-state index is 11.0. The van der Waals surface area contributed by atoms with E-state index in [0.717, 1.165) is 29.6 Å². The van der Waals surface area contributed by atoms with Gasteiger partial charge in [0.25, 0.3) is 0 Å². The number of halogens is 1. The summed E-state index contributed by atoms with van der Waals surface area (Å²) in [4.78, 5) is 10.6. The third-order valence-corrected chi connectivity index (χ3v) is 5.70. The number of aliphatic hydroxyl groups is 1. The summed E-state index contributed by atoms with van der Waals surface area (Å²) in [7, 11) is 3.75. The fraction of sp³-hybridized carbons (Fsp3) is 0.667. The van der Waals surface area contributed by atoms with E-state index in [4.69, 9.17) is 4.74 Å². The average molecular weight is 457 g/mol. The van der Waals surface area contributed by atoms with Crippen LogP contribution in [0.4, 0.5) is 0 Å². The van der Waals surface area contributed by atoms with Crippen molar-refractivity contribution in [1.29, 1.82) is 0 Å². The van der Waals surface area contributed by atoms with E-state index in [0.29, 0.717) is 17.9 Å². The molecule has 1 atom stereocenters. The van der Waals surface area contributed by atoms with Crippen LogP contribution in [0.15, 0.2) is 23.9 Å². The van der Waals surface area contributed by atoms with Gasteiger partial charge in [-0.1, -0.05) is 45.4 Å². The Kier molecular flexibility index (Phi) is 15.2. The standard InChI is InChI=1S/C24H41N2O4.ClH/c1-5-6-7-8-9-10-11-12-15-26(3,16-17-27)20-22-13-14-24(30-4)23(19-22)18-21(2)25(28)29;/h13-14,18-19,27H,5-12,15-17,20H2,1-4H3;1H/q+1;/p-1/b21-18+;. The second kappa shape index (κ2) is 16.1. The Balaban J connectivity index is 0.00000900. The Labute approximate surface area is 194 Å². The van der Waals surface area contributed by atoms with Crippen molar-refractivity contribution in [2.75, 3.05) is 33.9 Å². The van der Waals surface area contributed by atoms with Crippen LogP contribution >= 0.6 is 0 Å². The van der Waals surface area contributed by atoms with Crippen molar-refractivity contribution in [2.45, 2.75) is 71.8 Å². The molecule has 0 aliphatic carbocycles. The lowest BCUT2D eigenvalue weighted by molar-refractivity contribution is -0.923. The summed E-state index contributed by atoms with van der Waals surface area (Å²) in [5.41, 5.74) is 1.89. The normalized spacial score (nSPS) is 13.4. The topological polar surface area (TPSA) is 72.6 Å². The lowest BCUT2D eigenvalue weighted by Gasteiger charge is -2.34. The van der Waals surface area contributed by atoms with E-state index in [2.05, 4.69) is 14.0 Å². The third kappa shape index (κ3) is 11.5. The Hall–Kier alpha value is -1.63. The lowest BCUT2D eigenvalue weighted by atomic mass is 10.1. The molecule has 1 rings (SSSR count). The first kappa shape index (κ1) is 29.4. The van der Waals surface area contributed by atoms with Crippen LogP contribution in [0, 0.1) is 10.1 Å². The number of methoxy groups -OCH3 is 1. The monoisotopic (exact) mass is 456 g/mol. The fourth-order valence-electron chi connectivity index (χ4n) is 3.85. The number of hydrogen-bond donors (Lipinski definition) is 1. The molecule has 7 heteroatoms. The maximum Gasteiger partial charge on any atom is 0.243 e. The first-order valence-electron chi connectivity index (χ1n) is 11.3. The molecular formula is C24H41ClN2O4. The van der Waals surface area contributed by atoms with E-state index >= 15 is 0 Å². The highest BCUT2D eigenvalue weighted by Crippen LogP contribution is 2.25. The molecule has 1 aromatic carbocycles. The zero-order valence-electron chi connectivity index (χ0n) is 19.7. The molecule has 1 N–H and O–H groups in total. The molecular weight excluding hydrogens is 416 g/mol. The van der Waals surface area contributed by atoms with Gasteiger partial charge in [-0.25, -0.2) is 0 Å². The highest BCUT2D eigenvalue weighted by Gasteiger charge is 2.22. The molecule has 0 heterocycles. The first-order chi connectivity index (χ1) is 14.3. The molecule has 0 radical (unpaired) electrons. The quantitative estimate of drug-likeness (QED) is 0.179. The molecule has 0 fully saturated rings. The lowest BCUT2D eigenvalue weighted by Crippen LogP contribution is -3.00. The summed E-state index contributed by atoms with van der Waals surface area (Å²) in [6.45, 7) is 6.37. The zero-order valence-corrected chi connectivity index (χ0v) is 20.5. The molecule has 1 unspecified atom stereocenters. The molecule has 0 saturated carbocycles. The van der Waals surface area contributed by atoms with Crippen molar-refractivity contribution in [3.8, 4) is 5.75 Å². The van der Waals surface area contributed by atoms with Crippen molar-refractivity contribution in [3.63, 3.8) is 0 Å². The highest BCUT2D eigenvalue weighted by molar-refractivity contribution is 5.59. The number of rotatable bonds is 16. The third-order valence-electron chi connectivity index (χ3n) is 5.70. The minimum absolute atomic E-state index is 0. The SMILES string of the molecule is CCCCCCCCCC[N+](C)(CCO)Cc1ccc(OC)c(/C=C(\C)[N+](=O)[O-])c1.[Cl-]. The number of allylic oxidation sites excluding steroid dienone is 1. The largest absolute Gasteiger partial charge is 1.00 e. The van der Waals surface area contributed by atoms with Gasteiger partial charge < -0.3 is 26.7 Å². The van der Waals surface area contributed by atoms with Gasteiger partial charge >= 0.3 is 0 Å². The molecule has 0 aromatic heterocycles. The Morgan fingerprint density at radius 1 is 1.13 bits per heavy atom.